The number of amides is 1. The van der Waals surface area contributed by atoms with Gasteiger partial charge in [0, 0.05) is 26.1 Å². The Morgan fingerprint density at radius 1 is 0.969 bits per heavy atom. The molecule has 0 aliphatic rings. The number of nitrogens with one attached hydrogen (secondary N) is 1. The van der Waals surface area contributed by atoms with Crippen LogP contribution in [0.25, 0.3) is 0 Å². The summed E-state index contributed by atoms with van der Waals surface area (Å²) in [5, 5.41) is 3.38. The fourth-order valence-electron chi connectivity index (χ4n) is 2.76. The number of hydrogen-bond acceptors (Lipinski definition) is 3. The lowest BCUT2D eigenvalue weighted by atomic mass is 10.2. The molecule has 0 aromatic heterocycles. The van der Waals surface area contributed by atoms with Crippen molar-refractivity contribution in [3.05, 3.63) is 91.6 Å². The Kier molecular flexibility index (Phi) is 8.19. The Bertz CT molecular complexity index is 1260. The smallest absolute Gasteiger partial charge is 0.243 e. The van der Waals surface area contributed by atoms with E-state index < -0.39 is 28.3 Å². The van der Waals surface area contributed by atoms with E-state index in [9.17, 15) is 17.6 Å². The van der Waals surface area contributed by atoms with Crippen LogP contribution in [0.5, 0.6) is 0 Å². The number of carbonyl (C=O) groups excluding carboxylic acids is 1. The summed E-state index contributed by atoms with van der Waals surface area (Å²) in [6.45, 7) is -0.795. The molecule has 3 aromatic rings. The van der Waals surface area contributed by atoms with Gasteiger partial charge in [0.05, 0.1) is 17.1 Å². The maximum Gasteiger partial charge on any atom is 0.243 e. The molecule has 1 N–H and O–H groups in total. The summed E-state index contributed by atoms with van der Waals surface area (Å²) in [5.41, 5.74) is 0.364. The van der Waals surface area contributed by atoms with E-state index in [1.807, 2.05) is 0 Å². The molecule has 32 heavy (non-hydrogen) atoms. The van der Waals surface area contributed by atoms with Crippen LogP contribution >= 0.6 is 50.7 Å². The first kappa shape index (κ1) is 25.0. The second-order valence-corrected chi connectivity index (χ2v) is 10.8. The lowest BCUT2D eigenvalue weighted by Crippen LogP contribution is -2.37. The highest BCUT2D eigenvalue weighted by atomic mass is 79.9. The van der Waals surface area contributed by atoms with Gasteiger partial charge in [0.2, 0.25) is 15.9 Å². The third-order valence-corrected chi connectivity index (χ3v) is 7.48. The Hall–Kier alpha value is -1.68. The van der Waals surface area contributed by atoms with E-state index in [0.717, 1.165) is 4.31 Å². The van der Waals surface area contributed by atoms with Crippen molar-refractivity contribution in [2.24, 2.45) is 0 Å². The van der Waals surface area contributed by atoms with E-state index in [1.165, 1.54) is 42.5 Å². The van der Waals surface area contributed by atoms with Crippen molar-refractivity contribution in [3.8, 4) is 0 Å². The molecule has 0 fully saturated rings. The van der Waals surface area contributed by atoms with E-state index in [2.05, 4.69) is 21.2 Å². The van der Waals surface area contributed by atoms with Gasteiger partial charge in [0.15, 0.2) is 0 Å². The first-order valence-corrected chi connectivity index (χ1v) is 12.4. The Morgan fingerprint density at radius 2 is 1.62 bits per heavy atom. The zero-order chi connectivity index (χ0) is 23.5. The normalized spacial score (nSPS) is 11.6. The summed E-state index contributed by atoms with van der Waals surface area (Å²) in [6.07, 6.45) is 0. The quantitative estimate of drug-likeness (QED) is 0.353. The molecular weight excluding hydrogens is 566 g/mol. The van der Waals surface area contributed by atoms with Crippen molar-refractivity contribution in [3.63, 3.8) is 0 Å². The van der Waals surface area contributed by atoms with Crippen molar-refractivity contribution < 1.29 is 17.6 Å². The van der Waals surface area contributed by atoms with E-state index >= 15 is 0 Å². The molecule has 1 amide bonds. The lowest BCUT2D eigenvalue weighted by Gasteiger charge is -2.22. The highest BCUT2D eigenvalue weighted by Gasteiger charge is 2.28. The summed E-state index contributed by atoms with van der Waals surface area (Å²) >= 11 is 21.1. The van der Waals surface area contributed by atoms with Crippen molar-refractivity contribution in [1.29, 1.82) is 0 Å². The lowest BCUT2D eigenvalue weighted by molar-refractivity contribution is -0.116. The summed E-state index contributed by atoms with van der Waals surface area (Å²) in [4.78, 5) is 12.6. The molecular formula is C21H15BrCl3FN2O3S. The predicted molar refractivity (Wildman–Crippen MR) is 128 cm³/mol. The maximum atomic E-state index is 14.1. The first-order chi connectivity index (χ1) is 15.1. The Morgan fingerprint density at radius 3 is 2.25 bits per heavy atom. The van der Waals surface area contributed by atoms with Crippen LogP contribution in [-0.4, -0.2) is 25.2 Å². The average molecular weight is 581 g/mol. The molecule has 11 heteroatoms. The molecule has 0 atom stereocenters. The molecule has 0 aliphatic carbocycles. The number of carbonyl (C=O) groups is 1. The SMILES string of the molecule is O=C(CN(Cc1ccc(Cl)cc1Cl)S(=O)(=O)c1ccc(Cl)cc1)Nc1ccc(Br)cc1F. The molecule has 0 saturated carbocycles. The Balaban J connectivity index is 1.92. The van der Waals surface area contributed by atoms with Crippen LogP contribution in [0, 0.1) is 5.82 Å². The molecule has 3 rings (SSSR count). The van der Waals surface area contributed by atoms with E-state index in [4.69, 9.17) is 34.8 Å². The van der Waals surface area contributed by atoms with Crippen molar-refractivity contribution in [2.75, 3.05) is 11.9 Å². The van der Waals surface area contributed by atoms with Crippen LogP contribution in [-0.2, 0) is 21.4 Å². The van der Waals surface area contributed by atoms with Gasteiger partial charge in [-0.15, -0.1) is 0 Å². The third-order valence-electron chi connectivity index (χ3n) is 4.34. The molecule has 5 nitrogen and oxygen atoms in total. The zero-order valence-corrected chi connectivity index (χ0v) is 20.8. The summed E-state index contributed by atoms with van der Waals surface area (Å²) in [7, 11) is -4.13. The van der Waals surface area contributed by atoms with Crippen LogP contribution in [0.1, 0.15) is 5.56 Å². The number of rotatable bonds is 7. The highest BCUT2D eigenvalue weighted by molar-refractivity contribution is 9.10. The van der Waals surface area contributed by atoms with Crippen LogP contribution in [0.3, 0.4) is 0 Å². The monoisotopic (exact) mass is 578 g/mol. The summed E-state index contributed by atoms with van der Waals surface area (Å²) < 4.78 is 42.1. The van der Waals surface area contributed by atoms with Gasteiger partial charge in [-0.05, 0) is 60.2 Å². The number of halogens is 5. The zero-order valence-electron chi connectivity index (χ0n) is 16.2. The minimum atomic E-state index is -4.13. The van der Waals surface area contributed by atoms with Crippen molar-refractivity contribution in [1.82, 2.24) is 4.31 Å². The predicted octanol–water partition coefficient (Wildman–Crippen LogP) is 6.38. The second-order valence-electron chi connectivity index (χ2n) is 6.64. The fourth-order valence-corrected chi connectivity index (χ4v) is 5.06. The second kappa shape index (κ2) is 10.5. The standard InChI is InChI=1S/C21H15BrCl3FN2O3S/c22-14-2-8-20(19(26)9-14)27-21(29)12-28(11-13-1-3-16(24)10-18(13)25)32(30,31)17-6-4-15(23)5-7-17/h1-10H,11-12H2,(H,27,29). The van der Waals surface area contributed by atoms with Gasteiger partial charge in [-0.3, -0.25) is 4.79 Å². The van der Waals surface area contributed by atoms with Crippen LogP contribution in [0.15, 0.2) is 70.0 Å². The largest absolute Gasteiger partial charge is 0.322 e. The summed E-state index contributed by atoms with van der Waals surface area (Å²) in [6, 6.07) is 14.2. The van der Waals surface area contributed by atoms with Crippen LogP contribution in [0.2, 0.25) is 15.1 Å². The average Bonchev–Trinajstić information content (AvgIpc) is 2.71. The number of benzene rings is 3. The first-order valence-electron chi connectivity index (χ1n) is 9.01. The van der Waals surface area contributed by atoms with Crippen molar-refractivity contribution in [2.45, 2.75) is 11.4 Å². The van der Waals surface area contributed by atoms with Gasteiger partial charge in [-0.1, -0.05) is 56.8 Å². The number of sulfonamides is 1. The molecule has 168 valence electrons. The van der Waals surface area contributed by atoms with Gasteiger partial charge >= 0.3 is 0 Å². The fraction of sp³-hybridized carbons (Fsp3) is 0.0952. The molecule has 0 unspecified atom stereocenters. The number of anilines is 1. The van der Waals surface area contributed by atoms with Gasteiger partial charge < -0.3 is 5.32 Å². The van der Waals surface area contributed by atoms with Crippen LogP contribution < -0.4 is 5.32 Å². The van der Waals surface area contributed by atoms with Gasteiger partial charge in [0.25, 0.3) is 0 Å². The molecule has 3 aromatic carbocycles. The molecule has 0 spiro atoms. The molecule has 0 radical (unpaired) electrons. The highest BCUT2D eigenvalue weighted by Crippen LogP contribution is 2.26. The number of hydrogen-bond donors (Lipinski definition) is 1. The molecule has 0 heterocycles. The summed E-state index contributed by atoms with van der Waals surface area (Å²) in [5.74, 6) is -1.39. The minimum absolute atomic E-state index is 0.0605. The molecule has 0 aliphatic heterocycles. The molecule has 0 saturated heterocycles. The molecule has 0 bridgehead atoms. The third kappa shape index (κ3) is 6.21. The van der Waals surface area contributed by atoms with Crippen LogP contribution in [0.4, 0.5) is 10.1 Å². The topological polar surface area (TPSA) is 66.5 Å². The van der Waals surface area contributed by atoms with Crippen molar-refractivity contribution >= 4 is 72.4 Å². The minimum Gasteiger partial charge on any atom is -0.322 e. The van der Waals surface area contributed by atoms with Gasteiger partial charge in [0.1, 0.15) is 5.82 Å². The van der Waals surface area contributed by atoms with Gasteiger partial charge in [-0.2, -0.15) is 4.31 Å². The Labute approximate surface area is 208 Å². The van der Waals surface area contributed by atoms with Gasteiger partial charge in [-0.25, -0.2) is 12.8 Å². The maximum absolute atomic E-state index is 14.1. The number of nitrogens with zero attached hydrogens (tertiary/aromatic N) is 1. The van der Waals surface area contributed by atoms with E-state index in [0.29, 0.717) is 20.1 Å². The van der Waals surface area contributed by atoms with E-state index in [1.54, 1.807) is 18.2 Å². The van der Waals surface area contributed by atoms with E-state index in [-0.39, 0.29) is 22.2 Å².